The van der Waals surface area contributed by atoms with E-state index in [0.717, 1.165) is 17.7 Å². The van der Waals surface area contributed by atoms with Gasteiger partial charge in [0.05, 0.1) is 14.2 Å². The Morgan fingerprint density at radius 3 is 2.70 bits per heavy atom. The van der Waals surface area contributed by atoms with E-state index in [9.17, 15) is 9.59 Å². The summed E-state index contributed by atoms with van der Waals surface area (Å²) in [4.78, 5) is 26.0. The topological polar surface area (TPSA) is 65.1 Å². The van der Waals surface area contributed by atoms with Gasteiger partial charge in [-0.2, -0.15) is 0 Å². The molecule has 1 aliphatic heterocycles. The predicted octanol–water partition coefficient (Wildman–Crippen LogP) is 2.85. The van der Waals surface area contributed by atoms with Gasteiger partial charge in [-0.3, -0.25) is 4.79 Å². The molecule has 2 aromatic rings. The highest BCUT2D eigenvalue weighted by molar-refractivity contribution is 5.98. The Bertz CT molecular complexity index is 875. The molecule has 0 fully saturated rings. The molecule has 1 amide bonds. The Balaban J connectivity index is 1.57. The monoisotopic (exact) mass is 367 g/mol. The molecule has 0 spiro atoms. The number of carbonyl (C=O) groups is 2. The van der Waals surface area contributed by atoms with E-state index in [-0.39, 0.29) is 12.5 Å². The zero-order valence-corrected chi connectivity index (χ0v) is 15.3. The van der Waals surface area contributed by atoms with Gasteiger partial charge in [-0.15, -0.1) is 0 Å². The van der Waals surface area contributed by atoms with Crippen LogP contribution in [0.5, 0.6) is 11.5 Å². The molecule has 27 heavy (non-hydrogen) atoms. The molecule has 0 atom stereocenters. The minimum Gasteiger partial charge on any atom is -0.497 e. The van der Waals surface area contributed by atoms with Crippen molar-refractivity contribution in [2.24, 2.45) is 0 Å². The molecular weight excluding hydrogens is 346 g/mol. The Labute approximate surface area is 158 Å². The summed E-state index contributed by atoms with van der Waals surface area (Å²) < 4.78 is 15.5. The first kappa shape index (κ1) is 18.5. The van der Waals surface area contributed by atoms with Gasteiger partial charge in [0.15, 0.2) is 6.61 Å². The van der Waals surface area contributed by atoms with Gasteiger partial charge >= 0.3 is 5.97 Å². The first-order chi connectivity index (χ1) is 13.1. The van der Waals surface area contributed by atoms with Crippen molar-refractivity contribution in [3.8, 4) is 11.5 Å². The summed E-state index contributed by atoms with van der Waals surface area (Å²) in [6.45, 7) is 0.311. The Morgan fingerprint density at radius 2 is 1.93 bits per heavy atom. The Hall–Kier alpha value is -3.28. The van der Waals surface area contributed by atoms with Crippen molar-refractivity contribution < 1.29 is 23.8 Å². The molecule has 1 heterocycles. The third kappa shape index (κ3) is 4.28. The van der Waals surface area contributed by atoms with Gasteiger partial charge < -0.3 is 19.1 Å². The van der Waals surface area contributed by atoms with E-state index in [1.54, 1.807) is 36.3 Å². The molecule has 0 bridgehead atoms. The molecule has 6 nitrogen and oxygen atoms in total. The van der Waals surface area contributed by atoms with Gasteiger partial charge in [-0.05, 0) is 36.3 Å². The molecule has 0 saturated carbocycles. The minimum atomic E-state index is -0.589. The summed E-state index contributed by atoms with van der Waals surface area (Å²) in [6, 6.07) is 13.0. The van der Waals surface area contributed by atoms with Crippen LogP contribution < -0.4 is 14.4 Å². The van der Waals surface area contributed by atoms with E-state index >= 15 is 0 Å². The van der Waals surface area contributed by atoms with E-state index in [4.69, 9.17) is 14.2 Å². The van der Waals surface area contributed by atoms with Crippen LogP contribution in [0.1, 0.15) is 11.1 Å². The zero-order valence-electron chi connectivity index (χ0n) is 15.3. The normalized spacial score (nSPS) is 12.7. The number of rotatable bonds is 6. The average Bonchev–Trinajstić information content (AvgIpc) is 3.14. The summed E-state index contributed by atoms with van der Waals surface area (Å²) in [5.74, 6) is 0.406. The lowest BCUT2D eigenvalue weighted by molar-refractivity contribution is -0.142. The molecule has 0 aromatic heterocycles. The number of ether oxygens (including phenoxy) is 3. The highest BCUT2D eigenvalue weighted by Crippen LogP contribution is 2.27. The van der Waals surface area contributed by atoms with Gasteiger partial charge in [0.25, 0.3) is 5.91 Å². The number of amides is 1. The fraction of sp³-hybridized carbons (Fsp3) is 0.238. The smallest absolute Gasteiger partial charge is 0.331 e. The third-order valence-electron chi connectivity index (χ3n) is 4.37. The van der Waals surface area contributed by atoms with Gasteiger partial charge in [0.1, 0.15) is 11.5 Å². The number of methoxy groups -OCH3 is 2. The van der Waals surface area contributed by atoms with Crippen LogP contribution >= 0.6 is 0 Å². The highest BCUT2D eigenvalue weighted by Gasteiger charge is 2.24. The van der Waals surface area contributed by atoms with E-state index in [1.165, 1.54) is 13.2 Å². The van der Waals surface area contributed by atoms with E-state index in [0.29, 0.717) is 23.6 Å². The number of fused-ring (bicyclic) bond motifs is 1. The largest absolute Gasteiger partial charge is 0.497 e. The fourth-order valence-corrected chi connectivity index (χ4v) is 2.97. The lowest BCUT2D eigenvalue weighted by Gasteiger charge is -2.16. The Kier molecular flexibility index (Phi) is 5.76. The SMILES string of the molecule is COc1ccc(C=CC(=O)OCC(=O)N2CCc3ccccc32)c(OC)c1. The average molecular weight is 367 g/mol. The molecule has 0 aliphatic carbocycles. The number of esters is 1. The Morgan fingerprint density at radius 1 is 1.11 bits per heavy atom. The van der Waals surface area contributed by atoms with Crippen molar-refractivity contribution in [3.63, 3.8) is 0 Å². The van der Waals surface area contributed by atoms with Crippen molar-refractivity contribution in [2.45, 2.75) is 6.42 Å². The number of benzene rings is 2. The molecule has 0 saturated heterocycles. The number of hydrogen-bond donors (Lipinski definition) is 0. The van der Waals surface area contributed by atoms with Crippen LogP contribution in [0.3, 0.4) is 0 Å². The molecule has 6 heteroatoms. The van der Waals surface area contributed by atoms with Gasteiger partial charge in [0.2, 0.25) is 0 Å². The van der Waals surface area contributed by atoms with E-state index < -0.39 is 5.97 Å². The van der Waals surface area contributed by atoms with Crippen LogP contribution in [0.4, 0.5) is 5.69 Å². The number of nitrogens with zero attached hydrogens (tertiary/aromatic N) is 1. The molecule has 2 aromatic carbocycles. The summed E-state index contributed by atoms with van der Waals surface area (Å²) in [5, 5.41) is 0. The van der Waals surface area contributed by atoms with Gasteiger partial charge in [0, 0.05) is 29.9 Å². The van der Waals surface area contributed by atoms with Crippen LogP contribution in [-0.2, 0) is 20.7 Å². The van der Waals surface area contributed by atoms with Crippen LogP contribution in [0, 0.1) is 0 Å². The molecule has 0 N–H and O–H groups in total. The summed E-state index contributed by atoms with van der Waals surface area (Å²) in [6.07, 6.45) is 3.67. The van der Waals surface area contributed by atoms with E-state index in [1.807, 2.05) is 24.3 Å². The minimum absolute atomic E-state index is 0.233. The molecule has 3 rings (SSSR count). The second kappa shape index (κ2) is 8.40. The first-order valence-electron chi connectivity index (χ1n) is 8.57. The van der Waals surface area contributed by atoms with Crippen molar-refractivity contribution in [2.75, 3.05) is 32.3 Å². The van der Waals surface area contributed by atoms with Crippen molar-refractivity contribution in [1.29, 1.82) is 0 Å². The first-order valence-corrected chi connectivity index (χ1v) is 8.57. The van der Waals surface area contributed by atoms with Crippen LogP contribution in [0.15, 0.2) is 48.5 Å². The molecule has 140 valence electrons. The highest BCUT2D eigenvalue weighted by atomic mass is 16.5. The fourth-order valence-electron chi connectivity index (χ4n) is 2.97. The number of para-hydroxylation sites is 1. The molecule has 0 unspecified atom stereocenters. The van der Waals surface area contributed by atoms with Crippen molar-refractivity contribution in [3.05, 3.63) is 59.7 Å². The summed E-state index contributed by atoms with van der Waals surface area (Å²) in [5.41, 5.74) is 2.72. The molecular formula is C21H21NO5. The lowest BCUT2D eigenvalue weighted by Crippen LogP contribution is -2.33. The number of carbonyl (C=O) groups excluding carboxylic acids is 2. The van der Waals surface area contributed by atoms with Gasteiger partial charge in [-0.25, -0.2) is 4.79 Å². The zero-order chi connectivity index (χ0) is 19.2. The maximum Gasteiger partial charge on any atom is 0.331 e. The number of hydrogen-bond acceptors (Lipinski definition) is 5. The maximum atomic E-state index is 12.3. The second-order valence-electron chi connectivity index (χ2n) is 5.97. The lowest BCUT2D eigenvalue weighted by atomic mass is 10.2. The van der Waals surface area contributed by atoms with Crippen molar-refractivity contribution in [1.82, 2.24) is 0 Å². The second-order valence-corrected chi connectivity index (χ2v) is 5.97. The van der Waals surface area contributed by atoms with Gasteiger partial charge in [-0.1, -0.05) is 18.2 Å². The third-order valence-corrected chi connectivity index (χ3v) is 4.37. The molecule has 0 radical (unpaired) electrons. The van der Waals surface area contributed by atoms with Crippen LogP contribution in [0.25, 0.3) is 6.08 Å². The van der Waals surface area contributed by atoms with Crippen LogP contribution in [0.2, 0.25) is 0 Å². The van der Waals surface area contributed by atoms with Crippen LogP contribution in [-0.4, -0.2) is 39.2 Å². The maximum absolute atomic E-state index is 12.3. The van der Waals surface area contributed by atoms with E-state index in [2.05, 4.69) is 0 Å². The standard InChI is InChI=1S/C21H21NO5/c1-25-17-9-7-16(19(13-17)26-2)8-10-21(24)27-14-20(23)22-12-11-15-5-3-4-6-18(15)22/h3-10,13H,11-12,14H2,1-2H3. The number of anilines is 1. The predicted molar refractivity (Wildman–Crippen MR) is 102 cm³/mol. The quantitative estimate of drug-likeness (QED) is 0.580. The summed E-state index contributed by atoms with van der Waals surface area (Å²) >= 11 is 0. The summed E-state index contributed by atoms with van der Waals surface area (Å²) in [7, 11) is 3.11. The van der Waals surface area contributed by atoms with Crippen molar-refractivity contribution >= 4 is 23.6 Å². The molecule has 1 aliphatic rings.